The summed E-state index contributed by atoms with van der Waals surface area (Å²) < 4.78 is 33.2. The zero-order valence-electron chi connectivity index (χ0n) is 58.3. The number of nitrogens with two attached hydrogens (primary N) is 1. The Labute approximate surface area is 559 Å². The Hall–Kier alpha value is -4.37. The topological polar surface area (TPSA) is 134 Å². The van der Waals surface area contributed by atoms with Gasteiger partial charge in [0, 0.05) is 19.4 Å². The van der Waals surface area contributed by atoms with Crippen LogP contribution in [0.3, 0.4) is 0 Å². The molecule has 0 fully saturated rings. The van der Waals surface area contributed by atoms with Crippen LogP contribution in [0.25, 0.3) is 0 Å². The SMILES string of the molecule is CC/C=C\C/C=C\C/C=C\C/C=C\C/C=C\C/C=C\C/C=C\C/C=C\C/C=C\CCCCCCCCCCCCCC(=O)OC(COC(=O)CCCCCCCCCCCCCCCCCCCC/C=C\C/C=C\C/C=C\C/C=C\CC)COP(=O)(O)OCCN. The van der Waals surface area contributed by atoms with Crippen molar-refractivity contribution in [2.24, 2.45) is 5.73 Å². The van der Waals surface area contributed by atoms with E-state index in [2.05, 4.69) is 172 Å². The van der Waals surface area contributed by atoms with Crippen LogP contribution in [0.1, 0.15) is 309 Å². The van der Waals surface area contributed by atoms with E-state index < -0.39 is 26.5 Å². The quantitative estimate of drug-likeness (QED) is 0.0264. The minimum absolute atomic E-state index is 0.0475. The van der Waals surface area contributed by atoms with E-state index in [-0.39, 0.29) is 38.6 Å². The van der Waals surface area contributed by atoms with Crippen LogP contribution >= 0.6 is 7.82 Å². The fourth-order valence-electron chi connectivity index (χ4n) is 10.0. The highest BCUT2D eigenvalue weighted by Gasteiger charge is 2.26. The molecule has 0 radical (unpaired) electrons. The van der Waals surface area contributed by atoms with Crippen molar-refractivity contribution in [3.05, 3.63) is 158 Å². The van der Waals surface area contributed by atoms with Gasteiger partial charge in [-0.15, -0.1) is 0 Å². The molecule has 0 amide bonds. The number of rotatable bonds is 68. The van der Waals surface area contributed by atoms with Crippen LogP contribution < -0.4 is 5.73 Å². The zero-order chi connectivity index (χ0) is 65.8. The number of esters is 2. The predicted octanol–water partition coefficient (Wildman–Crippen LogP) is 24.7. The lowest BCUT2D eigenvalue weighted by atomic mass is 10.0. The summed E-state index contributed by atoms with van der Waals surface area (Å²) in [6.07, 6.45) is 109. The molecule has 0 saturated heterocycles. The molecule has 0 spiro atoms. The fraction of sp³-hybridized carbons (Fsp3) is 0.654. The molecular weight excluding hydrogens is 1150 g/mol. The summed E-state index contributed by atoms with van der Waals surface area (Å²) in [5, 5.41) is 0. The van der Waals surface area contributed by atoms with Crippen molar-refractivity contribution >= 4 is 19.8 Å². The first-order valence-corrected chi connectivity index (χ1v) is 38.5. The average Bonchev–Trinajstić information content (AvgIpc) is 3.71. The van der Waals surface area contributed by atoms with E-state index in [1.165, 1.54) is 148 Å². The van der Waals surface area contributed by atoms with Crippen LogP contribution in [0.5, 0.6) is 0 Å². The molecule has 10 heteroatoms. The fourth-order valence-corrected chi connectivity index (χ4v) is 10.8. The van der Waals surface area contributed by atoms with Crippen LogP contribution in [0, 0.1) is 0 Å². The Bertz CT molecular complexity index is 2050. The molecule has 0 saturated carbocycles. The van der Waals surface area contributed by atoms with Gasteiger partial charge in [0.15, 0.2) is 6.10 Å². The minimum Gasteiger partial charge on any atom is -0.462 e. The molecule has 0 aromatic rings. The molecule has 0 rings (SSSR count). The zero-order valence-corrected chi connectivity index (χ0v) is 59.2. The lowest BCUT2D eigenvalue weighted by molar-refractivity contribution is -0.161. The van der Waals surface area contributed by atoms with Gasteiger partial charge in [-0.1, -0.05) is 332 Å². The lowest BCUT2D eigenvalue weighted by Crippen LogP contribution is -2.29. The van der Waals surface area contributed by atoms with Crippen LogP contribution in [-0.4, -0.2) is 49.3 Å². The summed E-state index contributed by atoms with van der Waals surface area (Å²) in [4.78, 5) is 35.4. The highest BCUT2D eigenvalue weighted by atomic mass is 31.2. The highest BCUT2D eigenvalue weighted by molar-refractivity contribution is 7.47. The van der Waals surface area contributed by atoms with Crippen molar-refractivity contribution in [1.82, 2.24) is 0 Å². The van der Waals surface area contributed by atoms with E-state index in [9.17, 15) is 19.0 Å². The van der Waals surface area contributed by atoms with Crippen LogP contribution in [0.15, 0.2) is 158 Å². The Balaban J connectivity index is 3.90. The summed E-state index contributed by atoms with van der Waals surface area (Å²) >= 11 is 0. The largest absolute Gasteiger partial charge is 0.472 e. The maximum absolute atomic E-state index is 12.8. The molecule has 2 atom stereocenters. The molecule has 9 nitrogen and oxygen atoms in total. The first kappa shape index (κ1) is 86.6. The van der Waals surface area contributed by atoms with E-state index in [0.29, 0.717) is 6.42 Å². The Morgan fingerprint density at radius 3 is 0.846 bits per heavy atom. The van der Waals surface area contributed by atoms with Crippen molar-refractivity contribution in [3.63, 3.8) is 0 Å². The summed E-state index contributed by atoms with van der Waals surface area (Å²) in [7, 11) is -4.40. The molecule has 0 aliphatic rings. The average molecular weight is 1280 g/mol. The highest BCUT2D eigenvalue weighted by Crippen LogP contribution is 2.43. The maximum Gasteiger partial charge on any atom is 0.472 e. The van der Waals surface area contributed by atoms with Gasteiger partial charge in [-0.3, -0.25) is 18.6 Å². The van der Waals surface area contributed by atoms with Crippen LogP contribution in [-0.2, 0) is 32.7 Å². The molecule has 0 aliphatic heterocycles. The van der Waals surface area contributed by atoms with Gasteiger partial charge in [-0.2, -0.15) is 0 Å². The number of phosphoric ester groups is 1. The molecule has 0 bridgehead atoms. The number of phosphoric acid groups is 1. The molecule has 2 unspecified atom stereocenters. The van der Waals surface area contributed by atoms with Crippen molar-refractivity contribution in [2.75, 3.05) is 26.4 Å². The van der Waals surface area contributed by atoms with E-state index >= 15 is 0 Å². The van der Waals surface area contributed by atoms with Crippen molar-refractivity contribution in [1.29, 1.82) is 0 Å². The second-order valence-corrected chi connectivity index (χ2v) is 25.5. The van der Waals surface area contributed by atoms with Crippen molar-refractivity contribution in [2.45, 2.75) is 315 Å². The monoisotopic (exact) mass is 1280 g/mol. The van der Waals surface area contributed by atoms with Gasteiger partial charge in [-0.25, -0.2) is 4.57 Å². The third-order valence-corrected chi connectivity index (χ3v) is 16.4. The molecule has 518 valence electrons. The number of carbonyl (C=O) groups excluding carboxylic acids is 2. The number of hydrogen-bond acceptors (Lipinski definition) is 8. The third kappa shape index (κ3) is 74.5. The number of allylic oxidation sites excluding steroid dienone is 26. The number of ether oxygens (including phenoxy) is 2. The Morgan fingerprint density at radius 2 is 0.571 bits per heavy atom. The first-order valence-electron chi connectivity index (χ1n) is 37.0. The van der Waals surface area contributed by atoms with Gasteiger partial charge < -0.3 is 20.1 Å². The van der Waals surface area contributed by atoms with Crippen LogP contribution in [0.4, 0.5) is 0 Å². The van der Waals surface area contributed by atoms with Crippen molar-refractivity contribution < 1.29 is 37.6 Å². The molecule has 0 heterocycles. The second kappa shape index (κ2) is 74.7. The lowest BCUT2D eigenvalue weighted by Gasteiger charge is -2.19. The van der Waals surface area contributed by atoms with Crippen LogP contribution in [0.2, 0.25) is 0 Å². The minimum atomic E-state index is -4.40. The number of hydrogen-bond donors (Lipinski definition) is 2. The second-order valence-electron chi connectivity index (χ2n) is 24.0. The van der Waals surface area contributed by atoms with Gasteiger partial charge in [0.25, 0.3) is 0 Å². The summed E-state index contributed by atoms with van der Waals surface area (Å²) in [5.74, 6) is -0.829. The van der Waals surface area contributed by atoms with E-state index in [0.717, 1.165) is 128 Å². The molecular formula is C81H136NO8P. The molecule has 0 aliphatic carbocycles. The smallest absolute Gasteiger partial charge is 0.462 e. The normalized spacial score (nSPS) is 13.8. The Morgan fingerprint density at radius 1 is 0.330 bits per heavy atom. The summed E-state index contributed by atoms with van der Waals surface area (Å²) in [5.41, 5.74) is 5.41. The Kier molecular flexibility index (Phi) is 71.1. The van der Waals surface area contributed by atoms with E-state index in [1.54, 1.807) is 0 Å². The number of unbranched alkanes of at least 4 members (excludes halogenated alkanes) is 29. The van der Waals surface area contributed by atoms with Gasteiger partial charge in [0.1, 0.15) is 6.61 Å². The molecule has 91 heavy (non-hydrogen) atoms. The molecule has 0 aromatic heterocycles. The van der Waals surface area contributed by atoms with Gasteiger partial charge in [0.2, 0.25) is 0 Å². The number of carbonyl (C=O) groups is 2. The standard InChI is InChI=1S/C81H136NO8P/c1-3-5-7-9-11-13-15-17-19-21-23-25-27-29-31-33-35-36-37-38-39-40-41-42-44-46-48-50-52-54-56-58-60-62-64-66-68-70-72-74-81(84)90-79(78-89-91(85,86)88-76-75-82)77-87-80(83)73-71-69-67-65-63-61-59-57-55-53-51-49-47-45-43-34-32-30-28-26-24-22-20-18-16-14-12-10-8-6-4-2/h5-8,11-14,17-20,23-26,29,31,35-36,38-39,41-42,46,48,79H,3-4,9-10,15-16,21-22,27-28,30,32-34,37,40,43-45,47,49-78,82H2,1-2H3,(H,85,86)/b7-5-,8-6-,13-11-,14-12-,19-17-,20-18-,25-23-,26-24-,31-29-,36-35-,39-38-,42-41-,48-46-. The third-order valence-electron chi connectivity index (χ3n) is 15.4. The first-order chi connectivity index (χ1) is 44.8. The van der Waals surface area contributed by atoms with E-state index in [1.807, 2.05) is 0 Å². The summed E-state index contributed by atoms with van der Waals surface area (Å²) in [6, 6.07) is 0. The summed E-state index contributed by atoms with van der Waals surface area (Å²) in [6.45, 7) is 3.53. The maximum atomic E-state index is 12.8. The van der Waals surface area contributed by atoms with Gasteiger partial charge in [-0.05, 0) is 122 Å². The van der Waals surface area contributed by atoms with Gasteiger partial charge in [0.05, 0.1) is 13.2 Å². The predicted molar refractivity (Wildman–Crippen MR) is 394 cm³/mol. The molecule has 0 aromatic carbocycles. The van der Waals surface area contributed by atoms with Crippen molar-refractivity contribution in [3.8, 4) is 0 Å². The van der Waals surface area contributed by atoms with Gasteiger partial charge >= 0.3 is 19.8 Å². The van der Waals surface area contributed by atoms with E-state index in [4.69, 9.17) is 24.3 Å². The molecule has 3 N–H and O–H groups in total.